The van der Waals surface area contributed by atoms with Crippen molar-refractivity contribution in [2.45, 2.75) is 20.3 Å². The number of nitrogens with one attached hydrogen (secondary N) is 1. The van der Waals surface area contributed by atoms with Crippen LogP contribution >= 0.6 is 34.8 Å². The van der Waals surface area contributed by atoms with Gasteiger partial charge in [-0.15, -0.1) is 0 Å². The van der Waals surface area contributed by atoms with E-state index >= 15 is 0 Å². The summed E-state index contributed by atoms with van der Waals surface area (Å²) in [4.78, 5) is 10.9. The standard InChI is InChI=1S/C10H10Cl3NO/c1-3-6-9(12)7(11)4-8(10(6)13)14-5(2)15/h4H,3H2,1-2H3,(H,14,15). The van der Waals surface area contributed by atoms with Gasteiger partial charge >= 0.3 is 0 Å². The largest absolute Gasteiger partial charge is 0.325 e. The fourth-order valence-electron chi connectivity index (χ4n) is 1.25. The molecule has 0 heterocycles. The molecular formula is C10H10Cl3NO. The van der Waals surface area contributed by atoms with E-state index in [0.29, 0.717) is 27.2 Å². The molecule has 0 saturated heterocycles. The summed E-state index contributed by atoms with van der Waals surface area (Å²) in [5.74, 6) is -0.197. The molecule has 2 nitrogen and oxygen atoms in total. The van der Waals surface area contributed by atoms with Gasteiger partial charge in [-0.1, -0.05) is 41.7 Å². The van der Waals surface area contributed by atoms with Crippen LogP contribution in [0.25, 0.3) is 0 Å². The molecule has 0 unspecified atom stereocenters. The summed E-state index contributed by atoms with van der Waals surface area (Å²) in [5.41, 5.74) is 1.24. The summed E-state index contributed by atoms with van der Waals surface area (Å²) in [6.07, 6.45) is 0.658. The average Bonchev–Trinajstić information content (AvgIpc) is 2.14. The molecule has 0 aromatic heterocycles. The molecule has 15 heavy (non-hydrogen) atoms. The maximum absolute atomic E-state index is 10.9. The van der Waals surface area contributed by atoms with Crippen LogP contribution in [0.15, 0.2) is 6.07 Å². The van der Waals surface area contributed by atoms with Crippen molar-refractivity contribution in [3.8, 4) is 0 Å². The summed E-state index contributed by atoms with van der Waals surface area (Å²) in [6.45, 7) is 3.32. The molecule has 0 spiro atoms. The van der Waals surface area contributed by atoms with Gasteiger partial charge in [0.25, 0.3) is 0 Å². The molecule has 1 aromatic carbocycles. The van der Waals surface area contributed by atoms with Gasteiger partial charge in [-0.05, 0) is 18.1 Å². The highest BCUT2D eigenvalue weighted by Gasteiger charge is 2.13. The molecular weight excluding hydrogens is 256 g/mol. The molecule has 1 rings (SSSR count). The Kier molecular flexibility index (Phi) is 4.26. The zero-order valence-corrected chi connectivity index (χ0v) is 10.6. The van der Waals surface area contributed by atoms with Crippen LogP contribution in [0.3, 0.4) is 0 Å². The number of hydrogen-bond acceptors (Lipinski definition) is 1. The van der Waals surface area contributed by atoms with Gasteiger partial charge in [0.15, 0.2) is 0 Å². The number of halogens is 3. The lowest BCUT2D eigenvalue weighted by molar-refractivity contribution is -0.114. The first kappa shape index (κ1) is 12.6. The van der Waals surface area contributed by atoms with E-state index in [0.717, 1.165) is 5.56 Å². The molecule has 0 bridgehead atoms. The van der Waals surface area contributed by atoms with E-state index in [2.05, 4.69) is 5.32 Å². The van der Waals surface area contributed by atoms with Crippen molar-refractivity contribution in [2.24, 2.45) is 0 Å². The smallest absolute Gasteiger partial charge is 0.221 e. The normalized spacial score (nSPS) is 10.2. The zero-order valence-electron chi connectivity index (χ0n) is 8.33. The van der Waals surface area contributed by atoms with Crippen molar-refractivity contribution < 1.29 is 4.79 Å². The molecule has 0 aliphatic heterocycles. The second kappa shape index (κ2) is 5.06. The Labute approximate surface area is 104 Å². The topological polar surface area (TPSA) is 29.1 Å². The van der Waals surface area contributed by atoms with Crippen molar-refractivity contribution in [3.05, 3.63) is 26.7 Å². The molecule has 1 aromatic rings. The van der Waals surface area contributed by atoms with Gasteiger partial charge in [-0.2, -0.15) is 0 Å². The molecule has 0 fully saturated rings. The average molecular weight is 267 g/mol. The molecule has 1 N–H and O–H groups in total. The number of carbonyl (C=O) groups is 1. The maximum Gasteiger partial charge on any atom is 0.221 e. The Morgan fingerprint density at radius 2 is 1.93 bits per heavy atom. The third-order valence-corrected chi connectivity index (χ3v) is 3.17. The molecule has 0 saturated carbocycles. The van der Waals surface area contributed by atoms with Crippen LogP contribution in [0.1, 0.15) is 19.4 Å². The molecule has 0 aliphatic carbocycles. The highest BCUT2D eigenvalue weighted by atomic mass is 35.5. The lowest BCUT2D eigenvalue weighted by atomic mass is 10.1. The summed E-state index contributed by atoms with van der Waals surface area (Å²) in [5, 5.41) is 3.88. The fourth-order valence-corrected chi connectivity index (χ4v) is 2.13. The molecule has 0 aliphatic rings. The second-order valence-corrected chi connectivity index (χ2v) is 4.21. The summed E-state index contributed by atoms with van der Waals surface area (Å²) in [6, 6.07) is 1.55. The minimum absolute atomic E-state index is 0.197. The minimum atomic E-state index is -0.197. The van der Waals surface area contributed by atoms with Crippen LogP contribution in [0.5, 0.6) is 0 Å². The van der Waals surface area contributed by atoms with Crippen molar-refractivity contribution in [1.29, 1.82) is 0 Å². The Morgan fingerprint density at radius 1 is 1.33 bits per heavy atom. The fraction of sp³-hybridized carbons (Fsp3) is 0.300. The van der Waals surface area contributed by atoms with Gasteiger partial charge in [0.2, 0.25) is 5.91 Å². The van der Waals surface area contributed by atoms with E-state index in [-0.39, 0.29) is 5.91 Å². The van der Waals surface area contributed by atoms with Gasteiger partial charge in [0, 0.05) is 6.92 Å². The predicted octanol–water partition coefficient (Wildman–Crippen LogP) is 4.17. The van der Waals surface area contributed by atoms with Crippen molar-refractivity contribution in [1.82, 2.24) is 0 Å². The number of amides is 1. The molecule has 0 atom stereocenters. The summed E-state index contributed by atoms with van der Waals surface area (Å²) in [7, 11) is 0. The highest BCUT2D eigenvalue weighted by Crippen LogP contribution is 2.37. The predicted molar refractivity (Wildman–Crippen MR) is 65.2 cm³/mol. The van der Waals surface area contributed by atoms with Crippen LogP contribution in [0.2, 0.25) is 15.1 Å². The lowest BCUT2D eigenvalue weighted by Crippen LogP contribution is -2.07. The highest BCUT2D eigenvalue weighted by molar-refractivity contribution is 6.45. The van der Waals surface area contributed by atoms with Crippen LogP contribution in [-0.2, 0) is 11.2 Å². The van der Waals surface area contributed by atoms with E-state index in [9.17, 15) is 4.79 Å². The second-order valence-electron chi connectivity index (χ2n) is 3.05. The maximum atomic E-state index is 10.9. The Hall–Kier alpha value is -0.440. The first-order valence-electron chi connectivity index (χ1n) is 4.41. The molecule has 82 valence electrons. The van der Waals surface area contributed by atoms with Crippen LogP contribution in [-0.4, -0.2) is 5.91 Å². The van der Waals surface area contributed by atoms with Crippen LogP contribution in [0, 0.1) is 0 Å². The first-order chi connectivity index (χ1) is 6.97. The quantitative estimate of drug-likeness (QED) is 0.800. The van der Waals surface area contributed by atoms with Crippen LogP contribution in [0.4, 0.5) is 5.69 Å². The lowest BCUT2D eigenvalue weighted by Gasteiger charge is -2.12. The SMILES string of the molecule is CCc1c(Cl)c(Cl)cc(NC(C)=O)c1Cl. The van der Waals surface area contributed by atoms with Crippen molar-refractivity contribution >= 4 is 46.4 Å². The van der Waals surface area contributed by atoms with Crippen LogP contribution < -0.4 is 5.32 Å². The van der Waals surface area contributed by atoms with E-state index < -0.39 is 0 Å². The molecule has 0 radical (unpaired) electrons. The van der Waals surface area contributed by atoms with Gasteiger partial charge < -0.3 is 5.32 Å². The molecule has 5 heteroatoms. The third kappa shape index (κ3) is 2.77. The number of benzene rings is 1. The van der Waals surface area contributed by atoms with Gasteiger partial charge in [0.1, 0.15) is 0 Å². The van der Waals surface area contributed by atoms with E-state index in [1.165, 1.54) is 6.92 Å². The van der Waals surface area contributed by atoms with E-state index in [1.54, 1.807) is 6.07 Å². The number of hydrogen-bond donors (Lipinski definition) is 1. The Bertz CT molecular complexity index is 404. The zero-order chi connectivity index (χ0) is 11.6. The van der Waals surface area contributed by atoms with Crippen molar-refractivity contribution in [3.63, 3.8) is 0 Å². The Balaban J connectivity index is 3.30. The Morgan fingerprint density at radius 3 is 2.40 bits per heavy atom. The molecule has 1 amide bonds. The monoisotopic (exact) mass is 265 g/mol. The number of rotatable bonds is 2. The summed E-state index contributed by atoms with van der Waals surface area (Å²) < 4.78 is 0. The minimum Gasteiger partial charge on any atom is -0.325 e. The van der Waals surface area contributed by atoms with Crippen molar-refractivity contribution in [2.75, 3.05) is 5.32 Å². The summed E-state index contributed by atoms with van der Waals surface area (Å²) >= 11 is 18.0. The van der Waals surface area contributed by atoms with E-state index in [4.69, 9.17) is 34.8 Å². The number of carbonyl (C=O) groups excluding carboxylic acids is 1. The van der Waals surface area contributed by atoms with Gasteiger partial charge in [-0.3, -0.25) is 4.79 Å². The first-order valence-corrected chi connectivity index (χ1v) is 5.54. The van der Waals surface area contributed by atoms with Gasteiger partial charge in [-0.25, -0.2) is 0 Å². The van der Waals surface area contributed by atoms with Gasteiger partial charge in [0.05, 0.1) is 20.8 Å². The third-order valence-electron chi connectivity index (χ3n) is 1.91. The van der Waals surface area contributed by atoms with E-state index in [1.807, 2.05) is 6.92 Å². The number of anilines is 1.